The second kappa shape index (κ2) is 9.90. The molecule has 0 aromatic carbocycles. The average molecular weight is 178 g/mol. The van der Waals surface area contributed by atoms with Crippen LogP contribution in [0.3, 0.4) is 0 Å². The van der Waals surface area contributed by atoms with Crippen LogP contribution in [-0.2, 0) is 14.3 Å². The third-order valence-corrected chi connectivity index (χ3v) is 0.574. The first-order chi connectivity index (χ1) is 5.50. The van der Waals surface area contributed by atoms with Gasteiger partial charge < -0.3 is 14.9 Å². The van der Waals surface area contributed by atoms with Crippen LogP contribution < -0.4 is 0 Å². The molecule has 5 heteroatoms. The van der Waals surface area contributed by atoms with Crippen molar-refractivity contribution in [2.24, 2.45) is 0 Å². The predicted octanol–water partition coefficient (Wildman–Crippen LogP) is 0.588. The highest BCUT2D eigenvalue weighted by atomic mass is 16.5. The Morgan fingerprint density at radius 2 is 1.75 bits per heavy atom. The number of hydrogen-bond donors (Lipinski definition) is 2. The van der Waals surface area contributed by atoms with E-state index in [0.29, 0.717) is 6.61 Å². The summed E-state index contributed by atoms with van der Waals surface area (Å²) in [6, 6.07) is 0. The summed E-state index contributed by atoms with van der Waals surface area (Å²) in [6.07, 6.45) is 0.868. The lowest BCUT2D eigenvalue weighted by Crippen LogP contribution is -2.06. The Morgan fingerprint density at radius 1 is 1.33 bits per heavy atom. The molecule has 0 aromatic rings. The highest BCUT2D eigenvalue weighted by Crippen LogP contribution is 1.78. The fourth-order valence-corrected chi connectivity index (χ4v) is 0.304. The minimum Gasteiger partial charge on any atom is -0.481 e. The lowest BCUT2D eigenvalue weighted by Gasteiger charge is -1.94. The molecule has 0 saturated heterocycles. The second-order valence-electron chi connectivity index (χ2n) is 1.97. The molecule has 5 nitrogen and oxygen atoms in total. The van der Waals surface area contributed by atoms with Gasteiger partial charge in [-0.1, -0.05) is 6.92 Å². The minimum absolute atomic E-state index is 0.173. The summed E-state index contributed by atoms with van der Waals surface area (Å²) in [5, 5.41) is 15.4. The van der Waals surface area contributed by atoms with Gasteiger partial charge in [0.1, 0.15) is 6.61 Å². The molecule has 0 rings (SSSR count). The predicted molar refractivity (Wildman–Crippen MR) is 42.1 cm³/mol. The van der Waals surface area contributed by atoms with Gasteiger partial charge in [-0.3, -0.25) is 4.79 Å². The molecule has 0 heterocycles. The molecule has 0 aliphatic heterocycles. The molecule has 0 saturated carbocycles. The van der Waals surface area contributed by atoms with Gasteiger partial charge in [-0.2, -0.15) is 0 Å². The number of rotatable bonds is 4. The summed E-state index contributed by atoms with van der Waals surface area (Å²) in [7, 11) is 0. The van der Waals surface area contributed by atoms with E-state index >= 15 is 0 Å². The molecular weight excluding hydrogens is 164 g/mol. The fraction of sp³-hybridized carbons (Fsp3) is 0.714. The van der Waals surface area contributed by atoms with Crippen LogP contribution in [0.25, 0.3) is 0 Å². The third kappa shape index (κ3) is 36.5. The molecule has 0 atom stereocenters. The van der Waals surface area contributed by atoms with Crippen LogP contribution >= 0.6 is 0 Å². The molecular formula is C7H14O5. The fourth-order valence-electron chi connectivity index (χ4n) is 0.304. The van der Waals surface area contributed by atoms with Gasteiger partial charge in [0, 0.05) is 13.5 Å². The Bertz CT molecular complexity index is 128. The van der Waals surface area contributed by atoms with E-state index in [1.165, 1.54) is 0 Å². The maximum atomic E-state index is 9.75. The average Bonchev–Trinajstić information content (AvgIpc) is 1.86. The Labute approximate surface area is 71.0 Å². The first-order valence-corrected chi connectivity index (χ1v) is 3.49. The van der Waals surface area contributed by atoms with Crippen molar-refractivity contribution in [2.45, 2.75) is 20.3 Å². The summed E-state index contributed by atoms with van der Waals surface area (Å²) in [5.74, 6) is -1.74. The van der Waals surface area contributed by atoms with Crippen molar-refractivity contribution < 1.29 is 24.5 Å². The zero-order valence-corrected chi connectivity index (χ0v) is 7.24. The highest BCUT2D eigenvalue weighted by molar-refractivity contribution is 5.67. The molecule has 0 spiro atoms. The first kappa shape index (κ1) is 13.5. The number of ether oxygens (including phenoxy) is 1. The lowest BCUT2D eigenvalue weighted by atomic mass is 10.5. The Hall–Kier alpha value is -1.10. The zero-order chi connectivity index (χ0) is 9.98. The molecule has 0 fully saturated rings. The normalized spacial score (nSPS) is 8.17. The summed E-state index contributed by atoms with van der Waals surface area (Å²) >= 11 is 0. The van der Waals surface area contributed by atoms with Gasteiger partial charge in [0.2, 0.25) is 0 Å². The minimum atomic E-state index is -0.904. The number of aliphatic carboxylic acids is 2. The van der Waals surface area contributed by atoms with Crippen LogP contribution in [0.5, 0.6) is 0 Å². The summed E-state index contributed by atoms with van der Waals surface area (Å²) in [6.45, 7) is 3.38. The molecule has 0 radical (unpaired) electrons. The van der Waals surface area contributed by atoms with E-state index in [0.717, 1.165) is 13.3 Å². The third-order valence-electron chi connectivity index (χ3n) is 0.574. The van der Waals surface area contributed by atoms with Crippen molar-refractivity contribution in [2.75, 3.05) is 13.2 Å². The van der Waals surface area contributed by atoms with Crippen LogP contribution in [0.15, 0.2) is 0 Å². The Kier molecular flexibility index (Phi) is 11.1. The quantitative estimate of drug-likeness (QED) is 0.615. The van der Waals surface area contributed by atoms with Crippen LogP contribution in [0.4, 0.5) is 0 Å². The van der Waals surface area contributed by atoms with Gasteiger partial charge in [-0.25, -0.2) is 4.79 Å². The maximum Gasteiger partial charge on any atom is 0.329 e. The van der Waals surface area contributed by atoms with Crippen LogP contribution in [-0.4, -0.2) is 35.4 Å². The van der Waals surface area contributed by atoms with E-state index in [9.17, 15) is 4.79 Å². The highest BCUT2D eigenvalue weighted by Gasteiger charge is 1.92. The molecule has 0 aromatic heterocycles. The standard InChI is InChI=1S/C5H10O3.C2H4O2/c1-2-3-8-4-5(6)7;1-2(3)4/h2-4H2,1H3,(H,6,7);1H3,(H,3,4). The van der Waals surface area contributed by atoms with E-state index in [2.05, 4.69) is 4.74 Å². The largest absolute Gasteiger partial charge is 0.481 e. The van der Waals surface area contributed by atoms with E-state index in [4.69, 9.17) is 15.0 Å². The topological polar surface area (TPSA) is 83.8 Å². The number of carbonyl (C=O) groups is 2. The number of carboxylic acid groups (broad SMARTS) is 2. The Morgan fingerprint density at radius 3 is 2.00 bits per heavy atom. The lowest BCUT2D eigenvalue weighted by molar-refractivity contribution is -0.142. The summed E-state index contributed by atoms with van der Waals surface area (Å²) in [4.78, 5) is 18.7. The van der Waals surface area contributed by atoms with Crippen LogP contribution in [0, 0.1) is 0 Å². The van der Waals surface area contributed by atoms with Crippen molar-refractivity contribution in [1.82, 2.24) is 0 Å². The van der Waals surface area contributed by atoms with E-state index in [1.54, 1.807) is 0 Å². The number of hydrogen-bond acceptors (Lipinski definition) is 3. The first-order valence-electron chi connectivity index (χ1n) is 3.49. The second-order valence-corrected chi connectivity index (χ2v) is 1.97. The summed E-state index contributed by atoms with van der Waals surface area (Å²) in [5.41, 5.74) is 0. The SMILES string of the molecule is CC(=O)O.CCCOCC(=O)O. The van der Waals surface area contributed by atoms with Gasteiger partial charge in [0.15, 0.2) is 0 Å². The van der Waals surface area contributed by atoms with Crippen molar-refractivity contribution in [3.05, 3.63) is 0 Å². The van der Waals surface area contributed by atoms with Crippen molar-refractivity contribution in [3.63, 3.8) is 0 Å². The van der Waals surface area contributed by atoms with E-state index in [-0.39, 0.29) is 6.61 Å². The smallest absolute Gasteiger partial charge is 0.329 e. The summed E-state index contributed by atoms with van der Waals surface area (Å²) < 4.78 is 4.64. The van der Waals surface area contributed by atoms with Crippen LogP contribution in [0.1, 0.15) is 20.3 Å². The van der Waals surface area contributed by atoms with Crippen LogP contribution in [0.2, 0.25) is 0 Å². The van der Waals surface area contributed by atoms with Gasteiger partial charge >= 0.3 is 5.97 Å². The van der Waals surface area contributed by atoms with E-state index < -0.39 is 11.9 Å². The van der Waals surface area contributed by atoms with Crippen molar-refractivity contribution >= 4 is 11.9 Å². The van der Waals surface area contributed by atoms with Gasteiger partial charge in [0.25, 0.3) is 5.97 Å². The molecule has 2 N–H and O–H groups in total. The molecule has 0 bridgehead atoms. The molecule has 12 heavy (non-hydrogen) atoms. The van der Waals surface area contributed by atoms with Gasteiger partial charge in [0.05, 0.1) is 0 Å². The maximum absolute atomic E-state index is 9.75. The molecule has 0 aliphatic carbocycles. The van der Waals surface area contributed by atoms with E-state index in [1.807, 2.05) is 6.92 Å². The monoisotopic (exact) mass is 178 g/mol. The van der Waals surface area contributed by atoms with Gasteiger partial charge in [-0.15, -0.1) is 0 Å². The number of carboxylic acids is 2. The molecule has 0 amide bonds. The zero-order valence-electron chi connectivity index (χ0n) is 7.24. The Balaban J connectivity index is 0. The molecule has 72 valence electrons. The molecule has 0 unspecified atom stereocenters. The molecule has 0 aliphatic rings. The van der Waals surface area contributed by atoms with Crippen molar-refractivity contribution in [3.8, 4) is 0 Å². The van der Waals surface area contributed by atoms with Crippen molar-refractivity contribution in [1.29, 1.82) is 0 Å². The van der Waals surface area contributed by atoms with Gasteiger partial charge in [-0.05, 0) is 6.42 Å².